The first-order valence-corrected chi connectivity index (χ1v) is 10.1. The normalized spacial score (nSPS) is 17.6. The monoisotopic (exact) mass is 379 g/mol. The number of hydrogen-bond acceptors (Lipinski definition) is 7. The average Bonchev–Trinajstić information content (AvgIpc) is 2.73. The molecule has 7 heteroatoms. The van der Waals surface area contributed by atoms with Gasteiger partial charge in [-0.2, -0.15) is 4.98 Å². The number of aromatic nitrogens is 1. The maximum atomic E-state index is 12.0. The third-order valence-electron chi connectivity index (χ3n) is 4.70. The fourth-order valence-electron chi connectivity index (χ4n) is 3.33. The number of carbonyl (C=O) groups excluding carboxylic acids is 1. The zero-order valence-corrected chi connectivity index (χ0v) is 16.6. The van der Waals surface area contributed by atoms with Gasteiger partial charge in [-0.15, -0.1) is 0 Å². The van der Waals surface area contributed by atoms with Crippen LogP contribution < -0.4 is 15.4 Å². The van der Waals surface area contributed by atoms with Crippen molar-refractivity contribution in [2.75, 3.05) is 50.2 Å². The van der Waals surface area contributed by atoms with Gasteiger partial charge in [-0.05, 0) is 12.8 Å². The van der Waals surface area contributed by atoms with Gasteiger partial charge in [0.25, 0.3) is 0 Å². The molecule has 2 aliphatic rings. The second kappa shape index (κ2) is 11.6. The molecule has 1 saturated carbocycles. The molecular weight excluding hydrogens is 346 g/mol. The molecule has 0 aromatic carbocycles. The molecule has 7 nitrogen and oxygen atoms in total. The maximum absolute atomic E-state index is 12.0. The van der Waals surface area contributed by atoms with E-state index in [1.165, 1.54) is 6.42 Å². The van der Waals surface area contributed by atoms with Crippen LogP contribution in [0.5, 0.6) is 5.88 Å². The number of nitrogens with two attached hydrogens (primary N) is 1. The van der Waals surface area contributed by atoms with Crippen molar-refractivity contribution in [1.82, 2.24) is 4.98 Å². The summed E-state index contributed by atoms with van der Waals surface area (Å²) in [6, 6.07) is 3.70. The molecule has 0 bridgehead atoms. The quantitative estimate of drug-likeness (QED) is 0.600. The molecule has 1 aromatic heterocycles. The lowest BCUT2D eigenvalue weighted by Gasteiger charge is -2.29. The van der Waals surface area contributed by atoms with Crippen LogP contribution in [0.2, 0.25) is 0 Å². The summed E-state index contributed by atoms with van der Waals surface area (Å²) < 4.78 is 16.3. The summed E-state index contributed by atoms with van der Waals surface area (Å²) in [6.45, 7) is 7.56. The minimum absolute atomic E-state index is 0.0622. The van der Waals surface area contributed by atoms with Crippen LogP contribution in [0.1, 0.15) is 46.0 Å². The Morgan fingerprint density at radius 3 is 2.59 bits per heavy atom. The fraction of sp³-hybridized carbons (Fsp3) is 0.700. The molecule has 2 N–H and O–H groups in total. The Labute approximate surface area is 162 Å². The highest BCUT2D eigenvalue weighted by Crippen LogP contribution is 2.25. The van der Waals surface area contributed by atoms with Crippen molar-refractivity contribution in [3.8, 4) is 5.88 Å². The summed E-state index contributed by atoms with van der Waals surface area (Å²) in [5.74, 6) is 0.832. The van der Waals surface area contributed by atoms with E-state index in [2.05, 4.69) is 9.88 Å². The van der Waals surface area contributed by atoms with Crippen molar-refractivity contribution in [3.05, 3.63) is 12.1 Å². The SMILES string of the molecule is CC.Nc1cc(N2CCOCC2)cc(OCCOC(=O)C2CCCCC2)n1. The van der Waals surface area contributed by atoms with Gasteiger partial charge in [0.2, 0.25) is 5.88 Å². The second-order valence-corrected chi connectivity index (χ2v) is 6.54. The van der Waals surface area contributed by atoms with Crippen LogP contribution in [0, 0.1) is 5.92 Å². The molecule has 2 heterocycles. The number of esters is 1. The van der Waals surface area contributed by atoms with Gasteiger partial charge in [0.1, 0.15) is 19.0 Å². The predicted octanol–water partition coefficient (Wildman–Crippen LogP) is 3.03. The van der Waals surface area contributed by atoms with Gasteiger partial charge in [0.15, 0.2) is 0 Å². The van der Waals surface area contributed by atoms with E-state index in [1.807, 2.05) is 26.0 Å². The van der Waals surface area contributed by atoms with Crippen molar-refractivity contribution < 1.29 is 19.0 Å². The molecule has 0 radical (unpaired) electrons. The van der Waals surface area contributed by atoms with Crippen molar-refractivity contribution in [2.45, 2.75) is 46.0 Å². The number of nitrogens with zero attached hydrogens (tertiary/aromatic N) is 2. The number of ether oxygens (including phenoxy) is 3. The van der Waals surface area contributed by atoms with Gasteiger partial charge in [0.05, 0.1) is 19.1 Å². The van der Waals surface area contributed by atoms with Crippen molar-refractivity contribution >= 4 is 17.5 Å². The molecule has 1 saturated heterocycles. The van der Waals surface area contributed by atoms with E-state index >= 15 is 0 Å². The highest BCUT2D eigenvalue weighted by molar-refractivity contribution is 5.72. The smallest absolute Gasteiger partial charge is 0.309 e. The minimum atomic E-state index is -0.0992. The molecule has 1 aliphatic heterocycles. The Morgan fingerprint density at radius 1 is 1.19 bits per heavy atom. The first-order valence-electron chi connectivity index (χ1n) is 10.1. The summed E-state index contributed by atoms with van der Waals surface area (Å²) in [4.78, 5) is 18.4. The van der Waals surface area contributed by atoms with E-state index in [9.17, 15) is 4.79 Å². The number of rotatable bonds is 6. The van der Waals surface area contributed by atoms with Gasteiger partial charge in [0, 0.05) is 30.9 Å². The van der Waals surface area contributed by atoms with E-state index in [0.29, 0.717) is 24.9 Å². The number of anilines is 2. The predicted molar refractivity (Wildman–Crippen MR) is 106 cm³/mol. The van der Waals surface area contributed by atoms with Gasteiger partial charge in [-0.1, -0.05) is 33.1 Å². The van der Waals surface area contributed by atoms with Crippen LogP contribution in [-0.4, -0.2) is 50.5 Å². The largest absolute Gasteiger partial charge is 0.474 e. The number of carbonyl (C=O) groups is 1. The van der Waals surface area contributed by atoms with Gasteiger partial charge >= 0.3 is 5.97 Å². The zero-order valence-electron chi connectivity index (χ0n) is 16.6. The van der Waals surface area contributed by atoms with Crippen molar-refractivity contribution in [1.29, 1.82) is 0 Å². The Bertz CT molecular complexity index is 570. The Kier molecular flexibility index (Phi) is 9.18. The van der Waals surface area contributed by atoms with E-state index in [-0.39, 0.29) is 25.1 Å². The Hall–Kier alpha value is -2.02. The summed E-state index contributed by atoms with van der Waals surface area (Å²) in [5.41, 5.74) is 6.86. The van der Waals surface area contributed by atoms with Crippen LogP contribution in [0.4, 0.5) is 11.5 Å². The van der Waals surface area contributed by atoms with Gasteiger partial charge < -0.3 is 24.8 Å². The number of morpholine rings is 1. The summed E-state index contributed by atoms with van der Waals surface area (Å²) >= 11 is 0. The third kappa shape index (κ3) is 6.90. The maximum Gasteiger partial charge on any atom is 0.309 e. The zero-order chi connectivity index (χ0) is 19.5. The Balaban J connectivity index is 0.00000126. The molecule has 3 rings (SSSR count). The van der Waals surface area contributed by atoms with Gasteiger partial charge in [-0.3, -0.25) is 4.79 Å². The first kappa shape index (κ1) is 21.3. The van der Waals surface area contributed by atoms with E-state index in [4.69, 9.17) is 19.9 Å². The Morgan fingerprint density at radius 2 is 1.89 bits per heavy atom. The lowest BCUT2D eigenvalue weighted by molar-refractivity contribution is -0.150. The summed E-state index contributed by atoms with van der Waals surface area (Å²) in [6.07, 6.45) is 5.35. The lowest BCUT2D eigenvalue weighted by atomic mass is 9.89. The highest BCUT2D eigenvalue weighted by Gasteiger charge is 2.22. The standard InChI is InChI=1S/C18H27N3O4.C2H6/c19-16-12-15(21-6-8-23-9-7-21)13-17(20-16)24-10-11-25-18(22)14-4-2-1-3-5-14;1-2/h12-14H,1-11H2,(H2,19,20);1-2H3. The number of pyridine rings is 1. The molecule has 1 aromatic rings. The molecule has 0 amide bonds. The molecular formula is C20H33N3O4. The first-order chi connectivity index (χ1) is 13.2. The van der Waals surface area contributed by atoms with Gasteiger partial charge in [-0.25, -0.2) is 0 Å². The van der Waals surface area contributed by atoms with E-state index < -0.39 is 0 Å². The highest BCUT2D eigenvalue weighted by atomic mass is 16.6. The minimum Gasteiger partial charge on any atom is -0.474 e. The summed E-state index contributed by atoms with van der Waals surface area (Å²) in [5, 5.41) is 0. The molecule has 0 atom stereocenters. The average molecular weight is 380 g/mol. The van der Waals surface area contributed by atoms with E-state index in [0.717, 1.165) is 44.5 Å². The van der Waals surface area contributed by atoms with Crippen LogP contribution in [0.15, 0.2) is 12.1 Å². The van der Waals surface area contributed by atoms with Crippen molar-refractivity contribution in [3.63, 3.8) is 0 Å². The molecule has 0 unspecified atom stereocenters. The number of hydrogen-bond donors (Lipinski definition) is 1. The molecule has 2 fully saturated rings. The summed E-state index contributed by atoms with van der Waals surface area (Å²) in [7, 11) is 0. The van der Waals surface area contributed by atoms with Crippen LogP contribution >= 0.6 is 0 Å². The fourth-order valence-corrected chi connectivity index (χ4v) is 3.33. The van der Waals surface area contributed by atoms with Crippen LogP contribution in [-0.2, 0) is 14.3 Å². The van der Waals surface area contributed by atoms with E-state index in [1.54, 1.807) is 0 Å². The molecule has 0 spiro atoms. The van der Waals surface area contributed by atoms with Crippen LogP contribution in [0.3, 0.4) is 0 Å². The molecule has 152 valence electrons. The van der Waals surface area contributed by atoms with Crippen LogP contribution in [0.25, 0.3) is 0 Å². The topological polar surface area (TPSA) is 86.9 Å². The lowest BCUT2D eigenvalue weighted by Crippen LogP contribution is -2.36. The molecule has 1 aliphatic carbocycles. The second-order valence-electron chi connectivity index (χ2n) is 6.54. The van der Waals surface area contributed by atoms with Crippen molar-refractivity contribution in [2.24, 2.45) is 5.92 Å². The molecule has 27 heavy (non-hydrogen) atoms. The number of nitrogen functional groups attached to an aromatic ring is 1. The third-order valence-corrected chi connectivity index (χ3v) is 4.70.